The molecule has 1 amide bonds. The molecule has 0 aliphatic carbocycles. The van der Waals surface area contributed by atoms with Crippen molar-refractivity contribution in [3.63, 3.8) is 0 Å². The molecule has 0 saturated carbocycles. The van der Waals surface area contributed by atoms with Crippen molar-refractivity contribution in [3.8, 4) is 17.2 Å². The first kappa shape index (κ1) is 18.4. The highest BCUT2D eigenvalue weighted by atomic mass is 16.5. The summed E-state index contributed by atoms with van der Waals surface area (Å²) in [5.74, 6) is 2.05. The Hall–Kier alpha value is -1.95. The summed E-state index contributed by atoms with van der Waals surface area (Å²) < 4.78 is 16.1. The first-order valence-electron chi connectivity index (χ1n) is 8.45. The van der Waals surface area contributed by atoms with Gasteiger partial charge in [0.05, 0.1) is 26.9 Å². The third-order valence-corrected chi connectivity index (χ3v) is 4.52. The van der Waals surface area contributed by atoms with Gasteiger partial charge in [-0.1, -0.05) is 6.92 Å². The molecule has 1 aromatic rings. The lowest BCUT2D eigenvalue weighted by Gasteiger charge is -2.32. The van der Waals surface area contributed by atoms with Crippen molar-refractivity contribution in [1.82, 2.24) is 10.2 Å². The summed E-state index contributed by atoms with van der Waals surface area (Å²) in [6.07, 6.45) is 2.04. The van der Waals surface area contributed by atoms with Gasteiger partial charge >= 0.3 is 0 Å². The van der Waals surface area contributed by atoms with Gasteiger partial charge in [-0.2, -0.15) is 0 Å². The molecule has 1 aliphatic heterocycles. The molecule has 1 aromatic carbocycles. The lowest BCUT2D eigenvalue weighted by Crippen LogP contribution is -2.40. The molecule has 1 aliphatic rings. The van der Waals surface area contributed by atoms with Crippen LogP contribution in [0.15, 0.2) is 12.1 Å². The number of carbonyl (C=O) groups is 1. The minimum absolute atomic E-state index is 0.0188. The van der Waals surface area contributed by atoms with Crippen molar-refractivity contribution in [2.24, 2.45) is 5.92 Å². The minimum Gasteiger partial charge on any atom is -0.493 e. The molecule has 1 N–H and O–H groups in total. The molecule has 1 saturated heterocycles. The van der Waals surface area contributed by atoms with Gasteiger partial charge in [0.2, 0.25) is 5.75 Å². The predicted molar refractivity (Wildman–Crippen MR) is 93.3 cm³/mol. The Kier molecular flexibility index (Phi) is 6.73. The number of likely N-dealkylation sites (tertiary alicyclic amines) is 1. The average Bonchev–Trinajstić information content (AvgIpc) is 2.64. The van der Waals surface area contributed by atoms with Crippen molar-refractivity contribution >= 4 is 5.91 Å². The first-order chi connectivity index (χ1) is 11.7. The Bertz CT molecular complexity index is 554. The van der Waals surface area contributed by atoms with Crippen molar-refractivity contribution in [3.05, 3.63) is 17.7 Å². The van der Waals surface area contributed by atoms with Crippen molar-refractivity contribution in [1.29, 1.82) is 0 Å². The number of benzene rings is 1. The number of methoxy groups -OCH3 is 3. The van der Waals surface area contributed by atoms with Gasteiger partial charge in [0.1, 0.15) is 0 Å². The second-order valence-electron chi connectivity index (χ2n) is 5.93. The van der Waals surface area contributed by atoms with E-state index in [1.807, 2.05) is 4.90 Å². The number of hydrogen-bond donors (Lipinski definition) is 1. The summed E-state index contributed by atoms with van der Waals surface area (Å²) in [6.45, 7) is 5.67. The van der Waals surface area contributed by atoms with Crippen molar-refractivity contribution in [2.45, 2.75) is 19.8 Å². The fourth-order valence-electron chi connectivity index (χ4n) is 3.13. The largest absolute Gasteiger partial charge is 0.493 e. The number of piperidine rings is 1. The molecule has 24 heavy (non-hydrogen) atoms. The molecular weight excluding hydrogens is 308 g/mol. The van der Waals surface area contributed by atoms with E-state index in [0.29, 0.717) is 28.7 Å². The molecule has 0 unspecified atom stereocenters. The molecule has 0 spiro atoms. The Labute approximate surface area is 144 Å². The van der Waals surface area contributed by atoms with Crippen LogP contribution in [0.25, 0.3) is 0 Å². The Morgan fingerprint density at radius 3 is 2.33 bits per heavy atom. The van der Waals surface area contributed by atoms with E-state index in [1.54, 1.807) is 26.4 Å². The van der Waals surface area contributed by atoms with Crippen LogP contribution in [0.1, 0.15) is 30.1 Å². The summed E-state index contributed by atoms with van der Waals surface area (Å²) >= 11 is 0. The van der Waals surface area contributed by atoms with Crippen LogP contribution in [-0.4, -0.2) is 58.3 Å². The zero-order valence-electron chi connectivity index (χ0n) is 15.1. The number of rotatable bonds is 7. The fraction of sp³-hybridized carbons (Fsp3) is 0.611. The first-order valence-corrected chi connectivity index (χ1v) is 8.45. The van der Waals surface area contributed by atoms with Gasteiger partial charge in [-0.3, -0.25) is 4.79 Å². The van der Waals surface area contributed by atoms with Gasteiger partial charge in [0.15, 0.2) is 11.5 Å². The molecule has 0 bridgehead atoms. The number of carbonyl (C=O) groups excluding carboxylic acids is 1. The standard InChI is InChI=1S/C18H28N2O4/c1-5-19-12-13-8-10-20(11-9-13)18(21)14-6-7-15(22-2)17(24-4)16(14)23-3/h6-7,13,19H,5,8-12H2,1-4H3. The van der Waals surface area contributed by atoms with Gasteiger partial charge < -0.3 is 24.4 Å². The van der Waals surface area contributed by atoms with Crippen LogP contribution in [0.3, 0.4) is 0 Å². The van der Waals surface area contributed by atoms with E-state index in [2.05, 4.69) is 12.2 Å². The second-order valence-corrected chi connectivity index (χ2v) is 5.93. The molecule has 6 nitrogen and oxygen atoms in total. The molecule has 0 aromatic heterocycles. The normalized spacial score (nSPS) is 15.2. The summed E-state index contributed by atoms with van der Waals surface area (Å²) in [5, 5.41) is 3.39. The van der Waals surface area contributed by atoms with Crippen LogP contribution in [-0.2, 0) is 0 Å². The Morgan fingerprint density at radius 1 is 1.12 bits per heavy atom. The van der Waals surface area contributed by atoms with Crippen LogP contribution in [0.2, 0.25) is 0 Å². The van der Waals surface area contributed by atoms with Crippen LogP contribution < -0.4 is 19.5 Å². The molecule has 1 heterocycles. The molecule has 2 rings (SSSR count). The minimum atomic E-state index is -0.0188. The van der Waals surface area contributed by atoms with Crippen molar-refractivity contribution in [2.75, 3.05) is 47.5 Å². The molecule has 134 valence electrons. The monoisotopic (exact) mass is 336 g/mol. The van der Waals surface area contributed by atoms with Crippen LogP contribution >= 0.6 is 0 Å². The zero-order valence-corrected chi connectivity index (χ0v) is 15.1. The average molecular weight is 336 g/mol. The molecule has 6 heteroatoms. The highest BCUT2D eigenvalue weighted by Crippen LogP contribution is 2.40. The maximum absolute atomic E-state index is 12.9. The number of amides is 1. The van der Waals surface area contributed by atoms with Gasteiger partial charge in [0, 0.05) is 13.1 Å². The van der Waals surface area contributed by atoms with Crippen LogP contribution in [0.4, 0.5) is 0 Å². The number of ether oxygens (including phenoxy) is 3. The Balaban J connectivity index is 2.13. The highest BCUT2D eigenvalue weighted by Gasteiger charge is 2.27. The van der Waals surface area contributed by atoms with Crippen LogP contribution in [0, 0.1) is 5.92 Å². The maximum atomic E-state index is 12.9. The van der Waals surface area contributed by atoms with E-state index in [0.717, 1.165) is 39.0 Å². The summed E-state index contributed by atoms with van der Waals surface area (Å²) in [5.41, 5.74) is 0.514. The molecular formula is C18H28N2O4. The smallest absolute Gasteiger partial charge is 0.257 e. The lowest BCUT2D eigenvalue weighted by molar-refractivity contribution is 0.0686. The fourth-order valence-corrected chi connectivity index (χ4v) is 3.13. The van der Waals surface area contributed by atoms with E-state index < -0.39 is 0 Å². The van der Waals surface area contributed by atoms with E-state index in [-0.39, 0.29) is 5.91 Å². The molecule has 0 radical (unpaired) electrons. The van der Waals surface area contributed by atoms with E-state index in [4.69, 9.17) is 14.2 Å². The second kappa shape index (κ2) is 8.78. The summed E-state index contributed by atoms with van der Waals surface area (Å²) in [4.78, 5) is 14.8. The zero-order chi connectivity index (χ0) is 17.5. The van der Waals surface area contributed by atoms with Gasteiger partial charge in [-0.15, -0.1) is 0 Å². The van der Waals surface area contributed by atoms with Gasteiger partial charge in [-0.05, 0) is 44.0 Å². The van der Waals surface area contributed by atoms with Gasteiger partial charge in [-0.25, -0.2) is 0 Å². The summed E-state index contributed by atoms with van der Waals surface area (Å²) in [6, 6.07) is 3.49. The lowest BCUT2D eigenvalue weighted by atomic mass is 9.96. The maximum Gasteiger partial charge on any atom is 0.257 e. The number of nitrogens with one attached hydrogen (secondary N) is 1. The third-order valence-electron chi connectivity index (χ3n) is 4.52. The highest BCUT2D eigenvalue weighted by molar-refractivity contribution is 5.98. The number of hydrogen-bond acceptors (Lipinski definition) is 5. The molecule has 0 atom stereocenters. The Morgan fingerprint density at radius 2 is 1.79 bits per heavy atom. The summed E-state index contributed by atoms with van der Waals surface area (Å²) in [7, 11) is 4.64. The predicted octanol–water partition coefficient (Wildman–Crippen LogP) is 2.17. The van der Waals surface area contributed by atoms with E-state index >= 15 is 0 Å². The van der Waals surface area contributed by atoms with E-state index in [9.17, 15) is 4.79 Å². The van der Waals surface area contributed by atoms with E-state index in [1.165, 1.54) is 7.11 Å². The van der Waals surface area contributed by atoms with Gasteiger partial charge in [0.25, 0.3) is 5.91 Å². The number of nitrogens with zero attached hydrogens (tertiary/aromatic N) is 1. The quantitative estimate of drug-likeness (QED) is 0.827. The van der Waals surface area contributed by atoms with Crippen molar-refractivity contribution < 1.29 is 19.0 Å². The van der Waals surface area contributed by atoms with Crippen LogP contribution in [0.5, 0.6) is 17.2 Å². The third kappa shape index (κ3) is 3.93. The SMILES string of the molecule is CCNCC1CCN(C(=O)c2ccc(OC)c(OC)c2OC)CC1. The molecule has 1 fully saturated rings. The topological polar surface area (TPSA) is 60.0 Å².